The lowest BCUT2D eigenvalue weighted by molar-refractivity contribution is -0.134. The predicted octanol–water partition coefficient (Wildman–Crippen LogP) is 4.29. The molecule has 0 aliphatic heterocycles. The fourth-order valence-electron chi connectivity index (χ4n) is 1.87. The van der Waals surface area contributed by atoms with Crippen LogP contribution in [0.4, 0.5) is 4.39 Å². The average molecular weight is 328 g/mol. The number of hydrogen-bond donors (Lipinski definition) is 0. The van der Waals surface area contributed by atoms with Crippen LogP contribution in [0.5, 0.6) is 11.5 Å². The second kappa shape index (κ2) is 7.55. The summed E-state index contributed by atoms with van der Waals surface area (Å²) in [5.41, 5.74) is 1.65. The molecule has 0 heterocycles. The molecule has 0 aliphatic rings. The molecule has 5 heteroatoms. The molecular weight excluding hydrogens is 311 g/mol. The van der Waals surface area contributed by atoms with E-state index in [1.165, 1.54) is 12.1 Å². The van der Waals surface area contributed by atoms with Crippen LogP contribution in [0, 0.1) is 5.82 Å². The van der Waals surface area contributed by atoms with Gasteiger partial charge in [-0.3, -0.25) is 4.79 Å². The van der Waals surface area contributed by atoms with Gasteiger partial charge in [0.15, 0.2) is 11.6 Å². The van der Waals surface area contributed by atoms with Crippen LogP contribution in [-0.4, -0.2) is 11.9 Å². The third-order valence-corrected chi connectivity index (χ3v) is 3.19. The smallest absolute Gasteiger partial charge is 0.338 e. The van der Waals surface area contributed by atoms with E-state index in [4.69, 9.17) is 9.47 Å². The van der Waals surface area contributed by atoms with Gasteiger partial charge in [0.1, 0.15) is 5.75 Å². The van der Waals surface area contributed by atoms with Crippen LogP contribution in [0.3, 0.4) is 0 Å². The Hall–Kier alpha value is -2.95. The summed E-state index contributed by atoms with van der Waals surface area (Å²) in [6.07, 6.45) is 0.172. The van der Waals surface area contributed by atoms with Crippen LogP contribution in [0.15, 0.2) is 54.6 Å². The van der Waals surface area contributed by atoms with Gasteiger partial charge in [-0.1, -0.05) is 31.7 Å². The zero-order valence-corrected chi connectivity index (χ0v) is 13.5. The number of hydrogen-bond acceptors (Lipinski definition) is 4. The highest BCUT2D eigenvalue weighted by Crippen LogP contribution is 2.27. The molecular formula is C19H17FO4. The largest absolute Gasteiger partial charge is 0.423 e. The Balaban J connectivity index is 2.17. The molecule has 4 nitrogen and oxygen atoms in total. The molecule has 124 valence electrons. The van der Waals surface area contributed by atoms with Crippen molar-refractivity contribution in [1.82, 2.24) is 0 Å². The fourth-order valence-corrected chi connectivity index (χ4v) is 1.87. The van der Waals surface area contributed by atoms with Crippen molar-refractivity contribution in [1.29, 1.82) is 0 Å². The first kappa shape index (κ1) is 17.4. The third-order valence-electron chi connectivity index (χ3n) is 3.19. The van der Waals surface area contributed by atoms with Gasteiger partial charge in [-0.2, -0.15) is 0 Å². The van der Waals surface area contributed by atoms with Gasteiger partial charge >= 0.3 is 11.9 Å². The van der Waals surface area contributed by atoms with E-state index in [9.17, 15) is 14.0 Å². The van der Waals surface area contributed by atoms with Crippen molar-refractivity contribution in [2.45, 2.75) is 20.3 Å². The molecule has 0 spiro atoms. The second-order valence-corrected chi connectivity index (χ2v) is 5.17. The summed E-state index contributed by atoms with van der Waals surface area (Å²) < 4.78 is 24.0. The minimum Gasteiger partial charge on any atom is -0.423 e. The SMILES string of the molecule is C=C(C)C(=O)Oc1ccc(-c2ccc(OC(=O)CC)c(F)c2)cc1. The van der Waals surface area contributed by atoms with Crippen LogP contribution in [0.25, 0.3) is 11.1 Å². The summed E-state index contributed by atoms with van der Waals surface area (Å²) in [4.78, 5) is 22.7. The van der Waals surface area contributed by atoms with Gasteiger partial charge in [-0.25, -0.2) is 9.18 Å². The molecule has 0 fully saturated rings. The van der Waals surface area contributed by atoms with E-state index in [-0.39, 0.29) is 12.2 Å². The molecule has 2 aromatic rings. The number of ether oxygens (including phenoxy) is 2. The Labute approximate surface area is 139 Å². The van der Waals surface area contributed by atoms with E-state index in [1.54, 1.807) is 44.2 Å². The van der Waals surface area contributed by atoms with Gasteiger partial charge in [0.2, 0.25) is 0 Å². The molecule has 0 radical (unpaired) electrons. The molecule has 0 aromatic heterocycles. The number of halogens is 1. The lowest BCUT2D eigenvalue weighted by Gasteiger charge is -2.08. The molecule has 0 amide bonds. The van der Waals surface area contributed by atoms with Gasteiger partial charge in [-0.05, 0) is 42.3 Å². The Kier molecular flexibility index (Phi) is 5.47. The second-order valence-electron chi connectivity index (χ2n) is 5.17. The number of rotatable bonds is 5. The van der Waals surface area contributed by atoms with Gasteiger partial charge in [0, 0.05) is 12.0 Å². The van der Waals surface area contributed by atoms with E-state index in [0.717, 1.165) is 5.56 Å². The first-order valence-electron chi connectivity index (χ1n) is 7.39. The van der Waals surface area contributed by atoms with E-state index in [0.29, 0.717) is 16.9 Å². The van der Waals surface area contributed by atoms with Crippen molar-refractivity contribution in [3.05, 3.63) is 60.4 Å². The van der Waals surface area contributed by atoms with Crippen LogP contribution in [-0.2, 0) is 9.59 Å². The summed E-state index contributed by atoms with van der Waals surface area (Å²) in [5, 5.41) is 0. The van der Waals surface area contributed by atoms with Gasteiger partial charge in [0.25, 0.3) is 0 Å². The Bertz CT molecular complexity index is 778. The molecule has 24 heavy (non-hydrogen) atoms. The maximum absolute atomic E-state index is 14.0. The summed E-state index contributed by atoms with van der Waals surface area (Å²) in [6.45, 7) is 6.71. The first-order chi connectivity index (χ1) is 11.4. The molecule has 2 rings (SSSR count). The molecule has 0 bridgehead atoms. The molecule has 0 atom stereocenters. The summed E-state index contributed by atoms with van der Waals surface area (Å²) >= 11 is 0. The number of benzene rings is 2. The summed E-state index contributed by atoms with van der Waals surface area (Å²) in [6, 6.07) is 11.0. The lowest BCUT2D eigenvalue weighted by Crippen LogP contribution is -2.07. The van der Waals surface area contributed by atoms with Crippen molar-refractivity contribution < 1.29 is 23.5 Å². The van der Waals surface area contributed by atoms with E-state index in [2.05, 4.69) is 6.58 Å². The average Bonchev–Trinajstić information content (AvgIpc) is 2.57. The molecule has 0 N–H and O–H groups in total. The van der Waals surface area contributed by atoms with Crippen molar-refractivity contribution in [3.63, 3.8) is 0 Å². The van der Waals surface area contributed by atoms with Crippen molar-refractivity contribution in [2.24, 2.45) is 0 Å². The number of esters is 2. The Morgan fingerprint density at radius 3 is 2.21 bits per heavy atom. The van der Waals surface area contributed by atoms with Crippen molar-refractivity contribution >= 4 is 11.9 Å². The molecule has 0 saturated carbocycles. The Morgan fingerprint density at radius 1 is 1.04 bits per heavy atom. The fraction of sp³-hybridized carbons (Fsp3) is 0.158. The highest BCUT2D eigenvalue weighted by Gasteiger charge is 2.10. The summed E-state index contributed by atoms with van der Waals surface area (Å²) in [7, 11) is 0. The quantitative estimate of drug-likeness (QED) is 0.467. The molecule has 0 unspecified atom stereocenters. The van der Waals surface area contributed by atoms with E-state index >= 15 is 0 Å². The van der Waals surface area contributed by atoms with Gasteiger partial charge in [-0.15, -0.1) is 0 Å². The highest BCUT2D eigenvalue weighted by molar-refractivity contribution is 5.88. The van der Waals surface area contributed by atoms with E-state index < -0.39 is 17.8 Å². The number of carbonyl (C=O) groups is 2. The standard InChI is InChI=1S/C19H17FO4/c1-4-18(21)24-17-10-7-14(11-16(17)20)13-5-8-15(9-6-13)23-19(22)12(2)3/h5-11H,2,4H2,1,3H3. The summed E-state index contributed by atoms with van der Waals surface area (Å²) in [5.74, 6) is -1.34. The topological polar surface area (TPSA) is 52.6 Å². The van der Waals surface area contributed by atoms with Crippen molar-refractivity contribution in [3.8, 4) is 22.6 Å². The minimum absolute atomic E-state index is 0.0994. The zero-order chi connectivity index (χ0) is 17.7. The van der Waals surface area contributed by atoms with Crippen LogP contribution < -0.4 is 9.47 Å². The zero-order valence-electron chi connectivity index (χ0n) is 13.5. The lowest BCUT2D eigenvalue weighted by atomic mass is 10.1. The maximum Gasteiger partial charge on any atom is 0.338 e. The highest BCUT2D eigenvalue weighted by atomic mass is 19.1. The van der Waals surface area contributed by atoms with Gasteiger partial charge in [0.05, 0.1) is 0 Å². The van der Waals surface area contributed by atoms with Gasteiger partial charge < -0.3 is 9.47 Å². The van der Waals surface area contributed by atoms with E-state index in [1.807, 2.05) is 0 Å². The Morgan fingerprint density at radius 2 is 1.67 bits per heavy atom. The first-order valence-corrected chi connectivity index (χ1v) is 7.39. The minimum atomic E-state index is -0.618. The molecule has 0 saturated heterocycles. The van der Waals surface area contributed by atoms with Crippen molar-refractivity contribution in [2.75, 3.05) is 0 Å². The van der Waals surface area contributed by atoms with Crippen LogP contribution in [0.2, 0.25) is 0 Å². The third kappa shape index (κ3) is 4.29. The normalized spacial score (nSPS) is 10.1. The van der Waals surface area contributed by atoms with Crippen LogP contribution in [0.1, 0.15) is 20.3 Å². The molecule has 0 aliphatic carbocycles. The monoisotopic (exact) mass is 328 g/mol. The maximum atomic E-state index is 14.0. The van der Waals surface area contributed by atoms with Crippen LogP contribution >= 0.6 is 0 Å². The predicted molar refractivity (Wildman–Crippen MR) is 88.2 cm³/mol. The molecule has 2 aromatic carbocycles. The number of carbonyl (C=O) groups excluding carboxylic acids is 2.